The van der Waals surface area contributed by atoms with Crippen LogP contribution in [0.2, 0.25) is 0 Å². The Morgan fingerprint density at radius 2 is 0.565 bits per heavy atom. The van der Waals surface area contributed by atoms with Crippen molar-refractivity contribution >= 4 is 118 Å². The summed E-state index contributed by atoms with van der Waals surface area (Å²) in [4.78, 5) is 0. The molecule has 0 aliphatic carbocycles. The average molecular weight is 579 g/mol. The van der Waals surface area contributed by atoms with E-state index in [1.165, 1.54) is 130 Å². The van der Waals surface area contributed by atoms with E-state index >= 15 is 0 Å². The highest BCUT2D eigenvalue weighted by atomic mass is 14.3. The van der Waals surface area contributed by atoms with Crippen LogP contribution in [0.5, 0.6) is 0 Å². The van der Waals surface area contributed by atoms with Crippen LogP contribution in [0.15, 0.2) is 121 Å². The van der Waals surface area contributed by atoms with Gasteiger partial charge in [0.2, 0.25) is 0 Å². The fraction of sp³-hybridized carbons (Fsp3) is 0.0435. The van der Waals surface area contributed by atoms with Gasteiger partial charge >= 0.3 is 0 Å². The monoisotopic (exact) mass is 578 g/mol. The van der Waals surface area contributed by atoms with Crippen molar-refractivity contribution in [1.29, 1.82) is 0 Å². The Labute approximate surface area is 264 Å². The predicted molar refractivity (Wildman–Crippen MR) is 202 cm³/mol. The van der Waals surface area contributed by atoms with E-state index in [1.54, 1.807) is 0 Å². The van der Waals surface area contributed by atoms with E-state index < -0.39 is 0 Å². The summed E-state index contributed by atoms with van der Waals surface area (Å²) in [6.07, 6.45) is 0. The van der Waals surface area contributed by atoms with E-state index in [2.05, 4.69) is 135 Å². The summed E-state index contributed by atoms with van der Waals surface area (Å²) in [5.74, 6) is 0. The summed E-state index contributed by atoms with van der Waals surface area (Å²) in [6.45, 7) is 4.44. The Hall–Kier alpha value is -5.72. The molecule has 0 N–H and O–H groups in total. The minimum Gasteiger partial charge on any atom is -0.0616 e. The molecule has 12 aromatic carbocycles. The largest absolute Gasteiger partial charge is 0.0616 e. The van der Waals surface area contributed by atoms with Crippen molar-refractivity contribution in [2.45, 2.75) is 13.8 Å². The van der Waals surface area contributed by atoms with Gasteiger partial charge in [0.25, 0.3) is 0 Å². The number of hydrogen-bond donors (Lipinski definition) is 0. The number of benzene rings is 10. The fourth-order valence-electron chi connectivity index (χ4n) is 9.41. The SMILES string of the molecule is Cc1cc2cc3c(cc2cc1C)c1ccc2c4c(ccc3c14)c1cccc3c4c5cc6ccccc6cc5c5cccc(c54)c2c13. The zero-order chi connectivity index (χ0) is 30.0. The van der Waals surface area contributed by atoms with E-state index in [9.17, 15) is 0 Å². The van der Waals surface area contributed by atoms with Gasteiger partial charge in [-0.3, -0.25) is 0 Å². The van der Waals surface area contributed by atoms with Crippen molar-refractivity contribution in [2.75, 3.05) is 0 Å². The molecule has 0 saturated heterocycles. The van der Waals surface area contributed by atoms with Crippen molar-refractivity contribution in [3.8, 4) is 0 Å². The molecule has 0 aromatic heterocycles. The molecule has 12 rings (SSSR count). The molecule has 0 radical (unpaired) electrons. The van der Waals surface area contributed by atoms with Crippen LogP contribution in [0.25, 0.3) is 118 Å². The molecule has 0 fully saturated rings. The fourth-order valence-corrected chi connectivity index (χ4v) is 9.41. The quantitative estimate of drug-likeness (QED) is 0.124. The molecule has 0 spiro atoms. The summed E-state index contributed by atoms with van der Waals surface area (Å²) in [5, 5.41) is 30.0. The Morgan fingerprint density at radius 3 is 1.15 bits per heavy atom. The maximum atomic E-state index is 2.43. The van der Waals surface area contributed by atoms with Gasteiger partial charge in [0.15, 0.2) is 0 Å². The van der Waals surface area contributed by atoms with E-state index in [1.807, 2.05) is 0 Å². The third-order valence-electron chi connectivity index (χ3n) is 11.5. The van der Waals surface area contributed by atoms with E-state index in [0.29, 0.717) is 0 Å². The first kappa shape index (κ1) is 23.6. The molecular formula is C46H26. The van der Waals surface area contributed by atoms with Crippen LogP contribution in [0.3, 0.4) is 0 Å². The van der Waals surface area contributed by atoms with Crippen LogP contribution >= 0.6 is 0 Å². The molecule has 46 heavy (non-hydrogen) atoms. The molecule has 0 heterocycles. The summed E-state index contributed by atoms with van der Waals surface area (Å²) in [6, 6.07) is 46.9. The molecular weight excluding hydrogens is 553 g/mol. The van der Waals surface area contributed by atoms with Crippen molar-refractivity contribution in [3.05, 3.63) is 132 Å². The average Bonchev–Trinajstić information content (AvgIpc) is 3.58. The molecule has 12 aromatic rings. The van der Waals surface area contributed by atoms with Crippen molar-refractivity contribution < 1.29 is 0 Å². The third-order valence-corrected chi connectivity index (χ3v) is 11.5. The molecule has 0 heteroatoms. The minimum absolute atomic E-state index is 1.30. The zero-order valence-corrected chi connectivity index (χ0v) is 25.5. The maximum absolute atomic E-state index is 2.43. The predicted octanol–water partition coefficient (Wildman–Crippen LogP) is 13.3. The first-order valence-electron chi connectivity index (χ1n) is 16.4. The Balaban J connectivity index is 1.35. The summed E-state index contributed by atoms with van der Waals surface area (Å²) < 4.78 is 0. The van der Waals surface area contributed by atoms with Crippen LogP contribution in [-0.2, 0) is 0 Å². The molecule has 0 bridgehead atoms. The summed E-state index contributed by atoms with van der Waals surface area (Å²) in [7, 11) is 0. The highest BCUT2D eigenvalue weighted by Crippen LogP contribution is 2.52. The van der Waals surface area contributed by atoms with E-state index in [-0.39, 0.29) is 0 Å². The van der Waals surface area contributed by atoms with Crippen molar-refractivity contribution in [3.63, 3.8) is 0 Å². The second kappa shape index (κ2) is 7.73. The van der Waals surface area contributed by atoms with Gasteiger partial charge in [-0.25, -0.2) is 0 Å². The summed E-state index contributed by atoms with van der Waals surface area (Å²) in [5.41, 5.74) is 2.70. The summed E-state index contributed by atoms with van der Waals surface area (Å²) >= 11 is 0. The standard InChI is InChI=1S/C46H26/c1-23-17-27-21-37-32-14-13-31-29-9-5-12-35-42(29)45(36-16-15-33(41(32)44(31)36)38(37)22-28(27)18-24(23)2)34-11-6-10-30-39-19-25-7-3-4-8-26(25)20-40(39)46(35)43(30)34/h3-22H,1-2H3. The smallest absolute Gasteiger partial charge is 0.00134 e. The number of hydrogen-bond acceptors (Lipinski definition) is 0. The van der Waals surface area contributed by atoms with Gasteiger partial charge < -0.3 is 0 Å². The lowest BCUT2D eigenvalue weighted by molar-refractivity contribution is 1.37. The van der Waals surface area contributed by atoms with Gasteiger partial charge in [0, 0.05) is 0 Å². The molecule has 0 atom stereocenters. The van der Waals surface area contributed by atoms with Crippen LogP contribution < -0.4 is 0 Å². The topological polar surface area (TPSA) is 0 Å². The van der Waals surface area contributed by atoms with Crippen molar-refractivity contribution in [1.82, 2.24) is 0 Å². The minimum atomic E-state index is 1.30. The highest BCUT2D eigenvalue weighted by Gasteiger charge is 2.24. The van der Waals surface area contributed by atoms with Gasteiger partial charge in [0.1, 0.15) is 0 Å². The lowest BCUT2D eigenvalue weighted by atomic mass is 9.85. The first-order valence-corrected chi connectivity index (χ1v) is 16.4. The molecule has 0 amide bonds. The number of fused-ring (bicyclic) bond motifs is 12. The normalized spacial score (nSPS) is 13.0. The van der Waals surface area contributed by atoms with Crippen LogP contribution in [0.1, 0.15) is 11.1 Å². The van der Waals surface area contributed by atoms with Crippen LogP contribution in [0.4, 0.5) is 0 Å². The maximum Gasteiger partial charge on any atom is -0.00134 e. The number of aryl methyl sites for hydroxylation is 2. The van der Waals surface area contributed by atoms with Crippen LogP contribution in [-0.4, -0.2) is 0 Å². The van der Waals surface area contributed by atoms with Crippen LogP contribution in [0, 0.1) is 13.8 Å². The zero-order valence-electron chi connectivity index (χ0n) is 25.5. The second-order valence-electron chi connectivity index (χ2n) is 13.7. The molecule has 0 saturated carbocycles. The van der Waals surface area contributed by atoms with Gasteiger partial charge in [-0.05, 0) is 168 Å². The van der Waals surface area contributed by atoms with E-state index in [0.717, 1.165) is 0 Å². The van der Waals surface area contributed by atoms with Gasteiger partial charge in [-0.2, -0.15) is 0 Å². The number of rotatable bonds is 0. The second-order valence-corrected chi connectivity index (χ2v) is 13.7. The Bertz CT molecular complexity index is 3240. The first-order chi connectivity index (χ1) is 22.6. The van der Waals surface area contributed by atoms with Crippen molar-refractivity contribution in [2.24, 2.45) is 0 Å². The third kappa shape index (κ3) is 2.59. The molecule has 0 aliphatic rings. The molecule has 0 aliphatic heterocycles. The lowest BCUT2D eigenvalue weighted by Gasteiger charge is -2.17. The highest BCUT2D eigenvalue weighted by molar-refractivity contribution is 6.50. The van der Waals surface area contributed by atoms with Gasteiger partial charge in [-0.15, -0.1) is 0 Å². The molecule has 0 nitrogen and oxygen atoms in total. The molecule has 210 valence electrons. The van der Waals surface area contributed by atoms with Gasteiger partial charge in [-0.1, -0.05) is 97.1 Å². The lowest BCUT2D eigenvalue weighted by Crippen LogP contribution is -1.89. The van der Waals surface area contributed by atoms with Gasteiger partial charge in [0.05, 0.1) is 0 Å². The molecule has 0 unspecified atom stereocenters. The Morgan fingerprint density at radius 1 is 0.239 bits per heavy atom. The Kier molecular flexibility index (Phi) is 3.97. The van der Waals surface area contributed by atoms with E-state index in [4.69, 9.17) is 0 Å².